The summed E-state index contributed by atoms with van der Waals surface area (Å²) in [6.45, 7) is 8.12. The molecule has 2 heterocycles. The number of anilines is 1. The summed E-state index contributed by atoms with van der Waals surface area (Å²) in [5.41, 5.74) is 2.61. The SMILES string of the molecule is CCNC(C)c1ccc(N2CCN3C(=O)CCC3C2)cc1. The number of carbonyl (C=O) groups is 1. The van der Waals surface area contributed by atoms with Crippen LogP contribution < -0.4 is 10.2 Å². The predicted molar refractivity (Wildman–Crippen MR) is 85.5 cm³/mol. The molecule has 2 fully saturated rings. The van der Waals surface area contributed by atoms with Crippen molar-refractivity contribution in [3.63, 3.8) is 0 Å². The van der Waals surface area contributed by atoms with Gasteiger partial charge in [0.2, 0.25) is 5.91 Å². The van der Waals surface area contributed by atoms with Gasteiger partial charge in [-0.1, -0.05) is 19.1 Å². The molecule has 3 rings (SSSR count). The molecule has 2 aliphatic rings. The highest BCUT2D eigenvalue weighted by Crippen LogP contribution is 2.27. The van der Waals surface area contributed by atoms with Crippen LogP contribution in [0, 0.1) is 0 Å². The lowest BCUT2D eigenvalue weighted by atomic mass is 10.1. The van der Waals surface area contributed by atoms with Crippen molar-refractivity contribution in [1.82, 2.24) is 10.2 Å². The van der Waals surface area contributed by atoms with Crippen molar-refractivity contribution >= 4 is 11.6 Å². The van der Waals surface area contributed by atoms with E-state index in [2.05, 4.69) is 53.2 Å². The van der Waals surface area contributed by atoms with E-state index in [1.165, 1.54) is 11.3 Å². The van der Waals surface area contributed by atoms with Crippen LogP contribution in [0.4, 0.5) is 5.69 Å². The predicted octanol–water partition coefficient (Wildman–Crippen LogP) is 2.17. The minimum absolute atomic E-state index is 0.342. The second kappa shape index (κ2) is 6.06. The summed E-state index contributed by atoms with van der Waals surface area (Å²) in [4.78, 5) is 16.2. The Kier molecular flexibility index (Phi) is 4.15. The van der Waals surface area contributed by atoms with Gasteiger partial charge < -0.3 is 15.1 Å². The van der Waals surface area contributed by atoms with Crippen LogP contribution in [0.3, 0.4) is 0 Å². The van der Waals surface area contributed by atoms with Crippen molar-refractivity contribution in [2.45, 2.75) is 38.8 Å². The van der Waals surface area contributed by atoms with Crippen molar-refractivity contribution in [1.29, 1.82) is 0 Å². The van der Waals surface area contributed by atoms with Crippen molar-refractivity contribution in [2.24, 2.45) is 0 Å². The largest absolute Gasteiger partial charge is 0.368 e. The van der Waals surface area contributed by atoms with Crippen molar-refractivity contribution in [3.8, 4) is 0 Å². The zero-order chi connectivity index (χ0) is 14.8. The zero-order valence-corrected chi connectivity index (χ0v) is 13.0. The third-order valence-electron chi connectivity index (χ3n) is 4.76. The van der Waals surface area contributed by atoms with Gasteiger partial charge in [0.05, 0.1) is 0 Å². The molecule has 0 aliphatic carbocycles. The molecule has 21 heavy (non-hydrogen) atoms. The number of benzene rings is 1. The molecule has 1 aromatic carbocycles. The number of hydrogen-bond donors (Lipinski definition) is 1. The van der Waals surface area contributed by atoms with Gasteiger partial charge in [-0.3, -0.25) is 4.79 Å². The van der Waals surface area contributed by atoms with Crippen LogP contribution in [0.15, 0.2) is 24.3 Å². The normalized spacial score (nSPS) is 23.3. The molecule has 2 atom stereocenters. The van der Waals surface area contributed by atoms with Crippen LogP contribution in [0.5, 0.6) is 0 Å². The van der Waals surface area contributed by atoms with E-state index in [9.17, 15) is 4.79 Å². The van der Waals surface area contributed by atoms with Crippen LogP contribution in [-0.2, 0) is 4.79 Å². The average Bonchev–Trinajstić information content (AvgIpc) is 2.88. The van der Waals surface area contributed by atoms with Gasteiger partial charge >= 0.3 is 0 Å². The maximum atomic E-state index is 11.7. The Morgan fingerprint density at radius 1 is 1.29 bits per heavy atom. The quantitative estimate of drug-likeness (QED) is 0.922. The lowest BCUT2D eigenvalue weighted by Crippen LogP contribution is -2.51. The highest BCUT2D eigenvalue weighted by atomic mass is 16.2. The fraction of sp³-hybridized carbons (Fsp3) is 0.588. The number of amides is 1. The standard InChI is InChI=1S/C17H25N3O/c1-3-18-13(2)14-4-6-15(7-5-14)19-10-11-20-16(12-19)8-9-17(20)21/h4-7,13,16,18H,3,8-12H2,1-2H3. The lowest BCUT2D eigenvalue weighted by molar-refractivity contribution is -0.129. The van der Waals surface area contributed by atoms with Gasteiger partial charge in [0.15, 0.2) is 0 Å². The second-order valence-corrected chi connectivity index (χ2v) is 6.10. The smallest absolute Gasteiger partial charge is 0.223 e. The first kappa shape index (κ1) is 14.4. The van der Waals surface area contributed by atoms with Crippen molar-refractivity contribution in [2.75, 3.05) is 31.1 Å². The van der Waals surface area contributed by atoms with Crippen molar-refractivity contribution < 1.29 is 4.79 Å². The highest BCUT2D eigenvalue weighted by molar-refractivity contribution is 5.79. The van der Waals surface area contributed by atoms with Crippen LogP contribution in [0.1, 0.15) is 38.3 Å². The number of fused-ring (bicyclic) bond motifs is 1. The van der Waals surface area contributed by atoms with Gasteiger partial charge in [-0.05, 0) is 37.6 Å². The Hall–Kier alpha value is -1.55. The fourth-order valence-electron chi connectivity index (χ4n) is 3.50. The average molecular weight is 287 g/mol. The molecule has 0 radical (unpaired) electrons. The van der Waals surface area contributed by atoms with Crippen LogP contribution in [0.25, 0.3) is 0 Å². The van der Waals surface area contributed by atoms with Crippen molar-refractivity contribution in [3.05, 3.63) is 29.8 Å². The topological polar surface area (TPSA) is 35.6 Å². The minimum Gasteiger partial charge on any atom is -0.368 e. The molecule has 4 heteroatoms. The van der Waals surface area contributed by atoms with E-state index in [4.69, 9.17) is 0 Å². The second-order valence-electron chi connectivity index (χ2n) is 6.10. The van der Waals surface area contributed by atoms with E-state index < -0.39 is 0 Å². The van der Waals surface area contributed by atoms with Gasteiger partial charge in [-0.2, -0.15) is 0 Å². The number of rotatable bonds is 4. The molecule has 114 valence electrons. The van der Waals surface area contributed by atoms with E-state index in [0.29, 0.717) is 18.0 Å². The van der Waals surface area contributed by atoms with Crippen LogP contribution in [0.2, 0.25) is 0 Å². The molecule has 1 aromatic rings. The number of piperazine rings is 1. The summed E-state index contributed by atoms with van der Waals surface area (Å²) in [6.07, 6.45) is 1.75. The molecule has 2 aliphatic heterocycles. The molecule has 0 spiro atoms. The maximum absolute atomic E-state index is 11.7. The van der Waals surface area contributed by atoms with E-state index in [0.717, 1.165) is 39.0 Å². The first-order chi connectivity index (χ1) is 10.2. The summed E-state index contributed by atoms with van der Waals surface area (Å²) >= 11 is 0. The third kappa shape index (κ3) is 2.91. The molecule has 2 unspecified atom stereocenters. The fourth-order valence-corrected chi connectivity index (χ4v) is 3.50. The van der Waals surface area contributed by atoms with E-state index in [1.807, 2.05) is 0 Å². The Morgan fingerprint density at radius 2 is 2.05 bits per heavy atom. The molecular formula is C17H25N3O. The Labute approximate surface area is 127 Å². The molecule has 0 saturated carbocycles. The number of carbonyl (C=O) groups excluding carboxylic acids is 1. The Bertz CT molecular complexity index is 499. The molecular weight excluding hydrogens is 262 g/mol. The summed E-state index contributed by atoms with van der Waals surface area (Å²) in [6, 6.07) is 9.69. The van der Waals surface area contributed by atoms with E-state index in [-0.39, 0.29) is 0 Å². The molecule has 4 nitrogen and oxygen atoms in total. The molecule has 2 saturated heterocycles. The Balaban J connectivity index is 1.66. The highest BCUT2D eigenvalue weighted by Gasteiger charge is 2.35. The zero-order valence-electron chi connectivity index (χ0n) is 13.0. The molecule has 1 amide bonds. The van der Waals surface area contributed by atoms with Gasteiger partial charge in [0.1, 0.15) is 0 Å². The monoisotopic (exact) mass is 287 g/mol. The maximum Gasteiger partial charge on any atom is 0.223 e. The minimum atomic E-state index is 0.342. The number of nitrogens with zero attached hydrogens (tertiary/aromatic N) is 2. The van der Waals surface area contributed by atoms with Gasteiger partial charge in [-0.25, -0.2) is 0 Å². The van der Waals surface area contributed by atoms with E-state index >= 15 is 0 Å². The summed E-state index contributed by atoms with van der Waals surface area (Å²) in [5.74, 6) is 0.342. The molecule has 1 N–H and O–H groups in total. The summed E-state index contributed by atoms with van der Waals surface area (Å²) in [5, 5.41) is 3.44. The number of nitrogens with one attached hydrogen (secondary N) is 1. The summed E-state index contributed by atoms with van der Waals surface area (Å²) in [7, 11) is 0. The first-order valence-electron chi connectivity index (χ1n) is 8.06. The Morgan fingerprint density at radius 3 is 2.76 bits per heavy atom. The van der Waals surface area contributed by atoms with Gasteiger partial charge in [0, 0.05) is 43.8 Å². The molecule has 0 aromatic heterocycles. The summed E-state index contributed by atoms with van der Waals surface area (Å²) < 4.78 is 0. The first-order valence-corrected chi connectivity index (χ1v) is 8.06. The van der Waals surface area contributed by atoms with Crippen LogP contribution in [-0.4, -0.2) is 43.0 Å². The third-order valence-corrected chi connectivity index (χ3v) is 4.76. The van der Waals surface area contributed by atoms with E-state index in [1.54, 1.807) is 0 Å². The lowest BCUT2D eigenvalue weighted by Gasteiger charge is -2.39. The van der Waals surface area contributed by atoms with Gasteiger partial charge in [0.25, 0.3) is 0 Å². The van der Waals surface area contributed by atoms with Crippen LogP contribution >= 0.6 is 0 Å². The number of hydrogen-bond acceptors (Lipinski definition) is 3. The molecule has 0 bridgehead atoms. The van der Waals surface area contributed by atoms with Gasteiger partial charge in [-0.15, -0.1) is 0 Å².